The van der Waals surface area contributed by atoms with Gasteiger partial charge in [-0.1, -0.05) is 17.1 Å². The van der Waals surface area contributed by atoms with E-state index >= 15 is 0 Å². The standard InChI is InChI=1S/C13H14N4O2S/c18-8-2-1-3-11-4-5-12(20-11)9-14-13(19)10-17-7-6-15-16-17/h4-7,18H,2,8-10H2,(H,14,19). The van der Waals surface area contributed by atoms with Crippen molar-refractivity contribution in [2.75, 3.05) is 6.61 Å². The number of nitrogens with one attached hydrogen (secondary N) is 1. The number of aliphatic hydroxyl groups excluding tert-OH is 1. The third-order valence-corrected chi connectivity index (χ3v) is 3.35. The highest BCUT2D eigenvalue weighted by molar-refractivity contribution is 7.12. The van der Waals surface area contributed by atoms with Gasteiger partial charge in [0.05, 0.1) is 24.2 Å². The van der Waals surface area contributed by atoms with Gasteiger partial charge in [0.2, 0.25) is 5.91 Å². The van der Waals surface area contributed by atoms with Crippen LogP contribution < -0.4 is 5.32 Å². The summed E-state index contributed by atoms with van der Waals surface area (Å²) in [5.41, 5.74) is 0. The van der Waals surface area contributed by atoms with Crippen molar-refractivity contribution in [1.29, 1.82) is 0 Å². The molecule has 6 nitrogen and oxygen atoms in total. The van der Waals surface area contributed by atoms with Gasteiger partial charge in [0.15, 0.2) is 0 Å². The van der Waals surface area contributed by atoms with Crippen LogP contribution in [0.1, 0.15) is 16.2 Å². The summed E-state index contributed by atoms with van der Waals surface area (Å²) in [5.74, 6) is 5.71. The first-order valence-electron chi connectivity index (χ1n) is 6.07. The molecule has 2 heterocycles. The molecule has 0 aliphatic rings. The Bertz CT molecular complexity index is 610. The average Bonchev–Trinajstić information content (AvgIpc) is 3.08. The van der Waals surface area contributed by atoms with E-state index in [0.717, 1.165) is 9.75 Å². The zero-order chi connectivity index (χ0) is 14.2. The van der Waals surface area contributed by atoms with Crippen LogP contribution in [-0.4, -0.2) is 32.6 Å². The highest BCUT2D eigenvalue weighted by Crippen LogP contribution is 2.15. The lowest BCUT2D eigenvalue weighted by molar-refractivity contribution is -0.122. The fraction of sp³-hybridized carbons (Fsp3) is 0.308. The first-order valence-corrected chi connectivity index (χ1v) is 6.89. The van der Waals surface area contributed by atoms with Crippen LogP contribution in [0.3, 0.4) is 0 Å². The first kappa shape index (κ1) is 14.2. The molecule has 2 rings (SSSR count). The molecule has 0 aliphatic carbocycles. The minimum Gasteiger partial charge on any atom is -0.395 e. The Morgan fingerprint density at radius 2 is 2.40 bits per heavy atom. The van der Waals surface area contributed by atoms with E-state index in [-0.39, 0.29) is 19.1 Å². The van der Waals surface area contributed by atoms with Crippen molar-refractivity contribution in [3.8, 4) is 11.8 Å². The summed E-state index contributed by atoms with van der Waals surface area (Å²) in [7, 11) is 0. The average molecular weight is 290 g/mol. The van der Waals surface area contributed by atoms with Crippen LogP contribution in [0.15, 0.2) is 24.5 Å². The molecule has 2 aromatic rings. The van der Waals surface area contributed by atoms with Crippen molar-refractivity contribution in [1.82, 2.24) is 20.3 Å². The second-order valence-electron chi connectivity index (χ2n) is 3.92. The second-order valence-corrected chi connectivity index (χ2v) is 5.09. The topological polar surface area (TPSA) is 80.0 Å². The maximum Gasteiger partial charge on any atom is 0.242 e. The van der Waals surface area contributed by atoms with Gasteiger partial charge < -0.3 is 10.4 Å². The van der Waals surface area contributed by atoms with Crippen molar-refractivity contribution >= 4 is 17.2 Å². The summed E-state index contributed by atoms with van der Waals surface area (Å²) in [5, 5.41) is 18.8. The highest BCUT2D eigenvalue weighted by atomic mass is 32.1. The number of nitrogens with zero attached hydrogens (tertiary/aromatic N) is 3. The number of aliphatic hydroxyl groups is 1. The van der Waals surface area contributed by atoms with Crippen molar-refractivity contribution in [3.05, 3.63) is 34.3 Å². The Balaban J connectivity index is 1.79. The van der Waals surface area contributed by atoms with Gasteiger partial charge in [0.25, 0.3) is 0 Å². The van der Waals surface area contributed by atoms with Gasteiger partial charge in [-0.2, -0.15) is 0 Å². The molecule has 20 heavy (non-hydrogen) atoms. The van der Waals surface area contributed by atoms with E-state index < -0.39 is 0 Å². The first-order chi connectivity index (χ1) is 9.78. The molecule has 0 unspecified atom stereocenters. The molecule has 0 aliphatic heterocycles. The number of carbonyl (C=O) groups is 1. The van der Waals surface area contributed by atoms with Crippen LogP contribution in [0, 0.1) is 11.8 Å². The number of thiophene rings is 1. The van der Waals surface area contributed by atoms with Crippen LogP contribution in [0.25, 0.3) is 0 Å². The van der Waals surface area contributed by atoms with Crippen LogP contribution >= 0.6 is 11.3 Å². The second kappa shape index (κ2) is 7.43. The molecule has 0 spiro atoms. The van der Waals surface area contributed by atoms with Crippen molar-refractivity contribution < 1.29 is 9.90 Å². The Morgan fingerprint density at radius 1 is 1.50 bits per heavy atom. The maximum absolute atomic E-state index is 11.7. The molecule has 7 heteroatoms. The number of amides is 1. The molecule has 2 N–H and O–H groups in total. The van der Waals surface area contributed by atoms with Crippen molar-refractivity contribution in [2.24, 2.45) is 0 Å². The lowest BCUT2D eigenvalue weighted by atomic mass is 10.4. The molecule has 2 aromatic heterocycles. The lowest BCUT2D eigenvalue weighted by Gasteiger charge is -2.02. The summed E-state index contributed by atoms with van der Waals surface area (Å²) in [4.78, 5) is 13.6. The monoisotopic (exact) mass is 290 g/mol. The van der Waals surface area contributed by atoms with Gasteiger partial charge in [0.1, 0.15) is 6.54 Å². The van der Waals surface area contributed by atoms with E-state index in [4.69, 9.17) is 5.11 Å². The number of hydrogen-bond donors (Lipinski definition) is 2. The molecule has 1 amide bonds. The normalized spacial score (nSPS) is 9.85. The third kappa shape index (κ3) is 4.50. The summed E-state index contributed by atoms with van der Waals surface area (Å²) in [6, 6.07) is 3.84. The van der Waals surface area contributed by atoms with Gasteiger partial charge >= 0.3 is 0 Å². The molecule has 0 bridgehead atoms. The van der Waals surface area contributed by atoms with E-state index in [1.165, 1.54) is 22.2 Å². The van der Waals surface area contributed by atoms with Crippen LogP contribution in [0.2, 0.25) is 0 Å². The molecule has 0 saturated carbocycles. The summed E-state index contributed by atoms with van der Waals surface area (Å²) in [6.45, 7) is 0.706. The molecular formula is C13H14N4O2S. The molecule has 104 valence electrons. The van der Waals surface area contributed by atoms with E-state index in [1.54, 1.807) is 6.20 Å². The predicted molar refractivity (Wildman–Crippen MR) is 74.8 cm³/mol. The number of rotatable bonds is 5. The minimum absolute atomic E-state index is 0.0730. The van der Waals surface area contributed by atoms with Crippen LogP contribution in [-0.2, 0) is 17.9 Å². The zero-order valence-electron chi connectivity index (χ0n) is 10.7. The number of aromatic nitrogens is 3. The molecule has 0 fully saturated rings. The van der Waals surface area contributed by atoms with E-state index in [1.807, 2.05) is 12.1 Å². The Labute approximate surface area is 120 Å². The van der Waals surface area contributed by atoms with Gasteiger partial charge in [0, 0.05) is 17.5 Å². The SMILES string of the molecule is O=C(Cn1ccnn1)NCc1ccc(C#CCCO)s1. The highest BCUT2D eigenvalue weighted by Gasteiger charge is 2.04. The van der Waals surface area contributed by atoms with E-state index in [0.29, 0.717) is 13.0 Å². The Morgan fingerprint density at radius 3 is 3.15 bits per heavy atom. The Hall–Kier alpha value is -2.17. The third-order valence-electron chi connectivity index (χ3n) is 2.35. The van der Waals surface area contributed by atoms with Gasteiger partial charge in [-0.15, -0.1) is 16.4 Å². The molecule has 0 radical (unpaired) electrons. The number of hydrogen-bond acceptors (Lipinski definition) is 5. The Kier molecular flexibility index (Phi) is 5.29. The van der Waals surface area contributed by atoms with Gasteiger partial charge in [-0.25, -0.2) is 4.68 Å². The quantitative estimate of drug-likeness (QED) is 0.781. The van der Waals surface area contributed by atoms with E-state index in [9.17, 15) is 4.79 Å². The summed E-state index contributed by atoms with van der Waals surface area (Å²) in [6.07, 6.45) is 3.64. The largest absolute Gasteiger partial charge is 0.395 e. The predicted octanol–water partition coefficient (Wildman–Crippen LogP) is 0.390. The molecule has 0 aromatic carbocycles. The maximum atomic E-state index is 11.7. The minimum atomic E-state index is -0.114. The van der Waals surface area contributed by atoms with Crippen molar-refractivity contribution in [2.45, 2.75) is 19.5 Å². The van der Waals surface area contributed by atoms with E-state index in [2.05, 4.69) is 27.5 Å². The molecular weight excluding hydrogens is 276 g/mol. The summed E-state index contributed by atoms with van der Waals surface area (Å²) >= 11 is 1.53. The fourth-order valence-corrected chi connectivity index (χ4v) is 2.27. The number of carbonyl (C=O) groups excluding carboxylic acids is 1. The van der Waals surface area contributed by atoms with Crippen LogP contribution in [0.5, 0.6) is 0 Å². The lowest BCUT2D eigenvalue weighted by Crippen LogP contribution is -2.27. The zero-order valence-corrected chi connectivity index (χ0v) is 11.6. The van der Waals surface area contributed by atoms with Crippen LogP contribution in [0.4, 0.5) is 0 Å². The van der Waals surface area contributed by atoms with Crippen molar-refractivity contribution in [3.63, 3.8) is 0 Å². The summed E-state index contributed by atoms with van der Waals surface area (Å²) < 4.78 is 1.47. The smallest absolute Gasteiger partial charge is 0.242 e. The molecule has 0 atom stereocenters. The van der Waals surface area contributed by atoms with Gasteiger partial charge in [-0.3, -0.25) is 4.79 Å². The van der Waals surface area contributed by atoms with Gasteiger partial charge in [-0.05, 0) is 12.1 Å². The molecule has 0 saturated heterocycles. The fourth-order valence-electron chi connectivity index (χ4n) is 1.45.